The average Bonchev–Trinajstić information content (AvgIpc) is 2.27. The number of hydrogen-bond donors (Lipinski definition) is 1. The van der Waals surface area contributed by atoms with E-state index >= 15 is 0 Å². The Kier molecular flexibility index (Phi) is 5.94. The van der Waals surface area contributed by atoms with Crippen molar-refractivity contribution >= 4 is 17.3 Å². The molecule has 0 saturated heterocycles. The first-order valence-electron chi connectivity index (χ1n) is 6.12. The van der Waals surface area contributed by atoms with E-state index in [2.05, 4.69) is 5.32 Å². The Balaban J connectivity index is 2.95. The monoisotopic (exact) mass is 294 g/mol. The number of nitrogens with zero attached hydrogens (tertiary/aromatic N) is 1. The van der Waals surface area contributed by atoms with Gasteiger partial charge in [0.2, 0.25) is 0 Å². The van der Waals surface area contributed by atoms with Gasteiger partial charge in [-0.05, 0) is 31.2 Å². The molecule has 0 aliphatic rings. The lowest BCUT2D eigenvalue weighted by molar-refractivity contribution is -0.119. The van der Waals surface area contributed by atoms with Gasteiger partial charge in [0.25, 0.3) is 0 Å². The zero-order valence-electron chi connectivity index (χ0n) is 11.0. The van der Waals surface area contributed by atoms with Crippen LogP contribution < -0.4 is 10.2 Å². The van der Waals surface area contributed by atoms with E-state index in [1.807, 2.05) is 6.92 Å². The predicted octanol–water partition coefficient (Wildman–Crippen LogP) is 3.84. The van der Waals surface area contributed by atoms with Crippen molar-refractivity contribution in [2.45, 2.75) is 26.1 Å². The summed E-state index contributed by atoms with van der Waals surface area (Å²) in [6.45, 7) is 1.82. The predicted molar refractivity (Wildman–Crippen MR) is 72.8 cm³/mol. The lowest BCUT2D eigenvalue weighted by Crippen LogP contribution is -2.35. The minimum Gasteiger partial charge on any atom is -0.361 e. The SMILES string of the molecule is CCCN(CC(F)(F)F)c1ccc(CNC)cc1Cl. The number of halogens is 4. The quantitative estimate of drug-likeness (QED) is 0.857. The van der Waals surface area contributed by atoms with Crippen LogP contribution in [0.4, 0.5) is 18.9 Å². The summed E-state index contributed by atoms with van der Waals surface area (Å²) < 4.78 is 37.7. The minimum atomic E-state index is -4.23. The second-order valence-electron chi connectivity index (χ2n) is 4.35. The first kappa shape index (κ1) is 16.1. The van der Waals surface area contributed by atoms with E-state index < -0.39 is 12.7 Å². The van der Waals surface area contributed by atoms with Crippen molar-refractivity contribution in [3.05, 3.63) is 28.8 Å². The van der Waals surface area contributed by atoms with E-state index in [-0.39, 0.29) is 0 Å². The lowest BCUT2D eigenvalue weighted by atomic mass is 10.2. The Morgan fingerprint density at radius 3 is 2.47 bits per heavy atom. The van der Waals surface area contributed by atoms with Crippen LogP contribution in [0, 0.1) is 0 Å². The standard InChI is InChI=1S/C13H18ClF3N2/c1-3-6-19(9-13(15,16)17)12-5-4-10(8-18-2)7-11(12)14/h4-5,7,18H,3,6,8-9H2,1-2H3. The van der Waals surface area contributed by atoms with Gasteiger partial charge in [0.05, 0.1) is 10.7 Å². The average molecular weight is 295 g/mol. The normalized spacial score (nSPS) is 11.7. The Morgan fingerprint density at radius 2 is 2.00 bits per heavy atom. The molecule has 108 valence electrons. The largest absolute Gasteiger partial charge is 0.405 e. The van der Waals surface area contributed by atoms with Crippen LogP contribution in [0.25, 0.3) is 0 Å². The summed E-state index contributed by atoms with van der Waals surface area (Å²) >= 11 is 6.09. The molecule has 0 heterocycles. The van der Waals surface area contributed by atoms with Crippen LogP contribution in [0.1, 0.15) is 18.9 Å². The molecule has 0 radical (unpaired) electrons. The zero-order chi connectivity index (χ0) is 14.5. The van der Waals surface area contributed by atoms with Crippen LogP contribution in [0.5, 0.6) is 0 Å². The first-order chi connectivity index (χ1) is 8.87. The molecule has 0 spiro atoms. The van der Waals surface area contributed by atoms with Crippen molar-refractivity contribution in [3.8, 4) is 0 Å². The molecule has 1 aromatic carbocycles. The maximum Gasteiger partial charge on any atom is 0.405 e. The van der Waals surface area contributed by atoms with E-state index in [4.69, 9.17) is 11.6 Å². The maximum absolute atomic E-state index is 12.6. The maximum atomic E-state index is 12.6. The summed E-state index contributed by atoms with van der Waals surface area (Å²) in [5.74, 6) is 0. The molecule has 0 aromatic heterocycles. The van der Waals surface area contributed by atoms with Crippen LogP contribution in [-0.4, -0.2) is 26.3 Å². The Bertz CT molecular complexity index is 407. The molecule has 6 heteroatoms. The number of anilines is 1. The molecule has 1 rings (SSSR count). The number of nitrogens with one attached hydrogen (secondary N) is 1. The molecule has 0 bridgehead atoms. The van der Waals surface area contributed by atoms with Gasteiger partial charge in [-0.2, -0.15) is 13.2 Å². The molecule has 0 fully saturated rings. The number of benzene rings is 1. The molecular weight excluding hydrogens is 277 g/mol. The Labute approximate surface area is 116 Å². The molecule has 0 aliphatic heterocycles. The molecule has 0 saturated carbocycles. The minimum absolute atomic E-state index is 0.324. The van der Waals surface area contributed by atoms with E-state index in [1.54, 1.807) is 25.2 Å². The van der Waals surface area contributed by atoms with Crippen molar-refractivity contribution in [1.29, 1.82) is 0 Å². The zero-order valence-corrected chi connectivity index (χ0v) is 11.8. The Hall–Kier alpha value is -0.940. The first-order valence-corrected chi connectivity index (χ1v) is 6.50. The van der Waals surface area contributed by atoms with Crippen molar-refractivity contribution in [2.75, 3.05) is 25.0 Å². The van der Waals surface area contributed by atoms with Crippen LogP contribution in [0.15, 0.2) is 18.2 Å². The molecule has 0 amide bonds. The molecule has 0 atom stereocenters. The van der Waals surface area contributed by atoms with Crippen molar-refractivity contribution in [3.63, 3.8) is 0 Å². The van der Waals surface area contributed by atoms with E-state index in [0.717, 1.165) is 5.56 Å². The fourth-order valence-electron chi connectivity index (χ4n) is 1.89. The van der Waals surface area contributed by atoms with E-state index in [9.17, 15) is 13.2 Å². The summed E-state index contributed by atoms with van der Waals surface area (Å²) in [5.41, 5.74) is 1.38. The smallest absolute Gasteiger partial charge is 0.361 e. The highest BCUT2D eigenvalue weighted by Gasteiger charge is 2.31. The summed E-state index contributed by atoms with van der Waals surface area (Å²) in [6, 6.07) is 5.14. The molecule has 2 nitrogen and oxygen atoms in total. The van der Waals surface area contributed by atoms with Crippen LogP contribution in [-0.2, 0) is 6.54 Å². The van der Waals surface area contributed by atoms with Gasteiger partial charge in [0.15, 0.2) is 0 Å². The number of hydrogen-bond acceptors (Lipinski definition) is 2. The van der Waals surface area contributed by atoms with E-state index in [1.165, 1.54) is 4.90 Å². The molecule has 1 N–H and O–H groups in total. The second-order valence-corrected chi connectivity index (χ2v) is 4.76. The summed E-state index contributed by atoms with van der Waals surface area (Å²) in [4.78, 5) is 1.27. The van der Waals surface area contributed by atoms with E-state index in [0.29, 0.717) is 30.2 Å². The molecule has 19 heavy (non-hydrogen) atoms. The number of alkyl halides is 3. The van der Waals surface area contributed by atoms with Crippen LogP contribution in [0.3, 0.4) is 0 Å². The third-order valence-corrected chi connectivity index (χ3v) is 2.90. The van der Waals surface area contributed by atoms with Crippen LogP contribution >= 0.6 is 11.6 Å². The van der Waals surface area contributed by atoms with Gasteiger partial charge < -0.3 is 10.2 Å². The second kappa shape index (κ2) is 7.01. The van der Waals surface area contributed by atoms with Crippen LogP contribution in [0.2, 0.25) is 5.02 Å². The van der Waals surface area contributed by atoms with Gasteiger partial charge in [-0.25, -0.2) is 0 Å². The highest BCUT2D eigenvalue weighted by Crippen LogP contribution is 2.29. The van der Waals surface area contributed by atoms with Gasteiger partial charge in [-0.15, -0.1) is 0 Å². The fourth-order valence-corrected chi connectivity index (χ4v) is 2.21. The topological polar surface area (TPSA) is 15.3 Å². The van der Waals surface area contributed by atoms with Crippen molar-refractivity contribution in [1.82, 2.24) is 5.32 Å². The van der Waals surface area contributed by atoms with Gasteiger partial charge in [-0.1, -0.05) is 24.6 Å². The number of rotatable bonds is 6. The van der Waals surface area contributed by atoms with Gasteiger partial charge >= 0.3 is 6.18 Å². The highest BCUT2D eigenvalue weighted by molar-refractivity contribution is 6.33. The summed E-state index contributed by atoms with van der Waals surface area (Å²) in [5, 5.41) is 3.32. The fraction of sp³-hybridized carbons (Fsp3) is 0.538. The summed E-state index contributed by atoms with van der Waals surface area (Å²) in [6.07, 6.45) is -3.60. The molecule has 1 aromatic rings. The van der Waals surface area contributed by atoms with Gasteiger partial charge in [0.1, 0.15) is 6.54 Å². The summed E-state index contributed by atoms with van der Waals surface area (Å²) in [7, 11) is 1.80. The highest BCUT2D eigenvalue weighted by atomic mass is 35.5. The molecular formula is C13H18ClF3N2. The lowest BCUT2D eigenvalue weighted by Gasteiger charge is -2.26. The third kappa shape index (κ3) is 5.28. The molecule has 0 unspecified atom stereocenters. The molecule has 0 aliphatic carbocycles. The third-order valence-electron chi connectivity index (χ3n) is 2.60. The Morgan fingerprint density at radius 1 is 1.32 bits per heavy atom. The van der Waals surface area contributed by atoms with Crippen molar-refractivity contribution < 1.29 is 13.2 Å². The van der Waals surface area contributed by atoms with Crippen molar-refractivity contribution in [2.24, 2.45) is 0 Å². The van der Waals surface area contributed by atoms with Gasteiger partial charge in [0, 0.05) is 13.1 Å². The van der Waals surface area contributed by atoms with Gasteiger partial charge in [-0.3, -0.25) is 0 Å².